The summed E-state index contributed by atoms with van der Waals surface area (Å²) in [7, 11) is 0. The van der Waals surface area contributed by atoms with Crippen molar-refractivity contribution in [1.29, 1.82) is 0 Å². The topological polar surface area (TPSA) is 76.6 Å². The molecule has 0 saturated carbocycles. The highest BCUT2D eigenvalue weighted by Crippen LogP contribution is 2.26. The van der Waals surface area contributed by atoms with Crippen molar-refractivity contribution in [3.63, 3.8) is 0 Å². The molecule has 1 N–H and O–H groups in total. The molecule has 0 bridgehead atoms. The molecule has 5 rings (SSSR count). The van der Waals surface area contributed by atoms with E-state index in [9.17, 15) is 4.79 Å². The number of aromatic nitrogens is 5. The van der Waals surface area contributed by atoms with Crippen LogP contribution in [0.25, 0.3) is 22.4 Å². The number of aryl methyl sites for hydroxylation is 3. The predicted molar refractivity (Wildman–Crippen MR) is 121 cm³/mol. The highest BCUT2D eigenvalue weighted by atomic mass is 32.1. The van der Waals surface area contributed by atoms with E-state index in [0.717, 1.165) is 33.1 Å². The highest BCUT2D eigenvalue weighted by molar-refractivity contribution is 7.09. The smallest absolute Gasteiger partial charge is 0.220 e. The standard InChI is InChI=1S/C23H22N6OS/c1-15-5-6-16(2)18(12-15)19-13-20-23-26-25-21(28(23)9-10-29(20)27-19)7-8-22(30)24-14-17-4-3-11-31-17/h3-6,9-13H,7-8,14H2,1-2H3,(H,24,30). The first-order valence-electron chi connectivity index (χ1n) is 10.2. The summed E-state index contributed by atoms with van der Waals surface area (Å²) in [6.45, 7) is 4.74. The number of nitrogens with zero attached hydrogens (tertiary/aromatic N) is 5. The Morgan fingerprint density at radius 3 is 2.87 bits per heavy atom. The zero-order chi connectivity index (χ0) is 21.4. The second kappa shape index (κ2) is 7.96. The van der Waals surface area contributed by atoms with Crippen molar-refractivity contribution in [3.8, 4) is 11.3 Å². The van der Waals surface area contributed by atoms with Gasteiger partial charge in [-0.2, -0.15) is 5.10 Å². The third-order valence-corrected chi connectivity index (χ3v) is 6.25. The van der Waals surface area contributed by atoms with Crippen LogP contribution in [0.3, 0.4) is 0 Å². The van der Waals surface area contributed by atoms with Crippen molar-refractivity contribution in [2.45, 2.75) is 33.2 Å². The van der Waals surface area contributed by atoms with E-state index in [0.29, 0.717) is 19.4 Å². The molecule has 0 aliphatic heterocycles. The molecule has 0 saturated heterocycles. The van der Waals surface area contributed by atoms with Crippen LogP contribution in [0.2, 0.25) is 0 Å². The van der Waals surface area contributed by atoms with Gasteiger partial charge in [0.05, 0.1) is 12.2 Å². The van der Waals surface area contributed by atoms with Gasteiger partial charge in [-0.05, 0) is 43.0 Å². The van der Waals surface area contributed by atoms with Crippen LogP contribution in [-0.4, -0.2) is 30.1 Å². The number of hydrogen-bond donors (Lipinski definition) is 1. The van der Waals surface area contributed by atoms with Gasteiger partial charge in [0, 0.05) is 35.7 Å². The van der Waals surface area contributed by atoms with Gasteiger partial charge in [-0.3, -0.25) is 9.20 Å². The number of carbonyl (C=O) groups is 1. The Kier molecular flexibility index (Phi) is 4.99. The monoisotopic (exact) mass is 430 g/mol. The van der Waals surface area contributed by atoms with E-state index in [1.165, 1.54) is 11.1 Å². The Labute approximate surface area is 183 Å². The summed E-state index contributed by atoms with van der Waals surface area (Å²) in [5.41, 5.74) is 6.03. The number of carbonyl (C=O) groups excluding carboxylic acids is 1. The molecule has 0 atom stereocenters. The zero-order valence-electron chi connectivity index (χ0n) is 17.4. The van der Waals surface area contributed by atoms with Gasteiger partial charge in [-0.25, -0.2) is 4.52 Å². The third-order valence-electron chi connectivity index (χ3n) is 5.37. The van der Waals surface area contributed by atoms with Crippen LogP contribution in [0.5, 0.6) is 0 Å². The average Bonchev–Trinajstić information content (AvgIpc) is 3.51. The summed E-state index contributed by atoms with van der Waals surface area (Å²) < 4.78 is 3.77. The maximum atomic E-state index is 12.2. The van der Waals surface area contributed by atoms with E-state index < -0.39 is 0 Å². The van der Waals surface area contributed by atoms with Crippen molar-refractivity contribution >= 4 is 28.4 Å². The summed E-state index contributed by atoms with van der Waals surface area (Å²) in [5.74, 6) is 0.769. The summed E-state index contributed by atoms with van der Waals surface area (Å²) in [6, 6.07) is 12.4. The van der Waals surface area contributed by atoms with E-state index in [4.69, 9.17) is 5.10 Å². The van der Waals surface area contributed by atoms with E-state index in [1.54, 1.807) is 11.3 Å². The minimum absolute atomic E-state index is 0.00721. The van der Waals surface area contributed by atoms with Crippen molar-refractivity contribution < 1.29 is 4.79 Å². The minimum atomic E-state index is 0.00721. The molecule has 8 heteroatoms. The molecule has 0 fully saturated rings. The molecule has 4 heterocycles. The Bertz CT molecular complexity index is 1380. The van der Waals surface area contributed by atoms with Crippen LogP contribution < -0.4 is 5.32 Å². The summed E-state index contributed by atoms with van der Waals surface area (Å²) in [5, 5.41) is 18.4. The van der Waals surface area contributed by atoms with Crippen molar-refractivity contribution in [2.24, 2.45) is 0 Å². The molecule has 7 nitrogen and oxygen atoms in total. The number of fused-ring (bicyclic) bond motifs is 3. The number of rotatable bonds is 6. The van der Waals surface area contributed by atoms with Crippen LogP contribution in [-0.2, 0) is 17.8 Å². The molecule has 0 unspecified atom stereocenters. The van der Waals surface area contributed by atoms with Gasteiger partial charge in [0.25, 0.3) is 0 Å². The lowest BCUT2D eigenvalue weighted by Crippen LogP contribution is -2.22. The third kappa shape index (κ3) is 3.82. The van der Waals surface area contributed by atoms with Gasteiger partial charge < -0.3 is 5.32 Å². The van der Waals surface area contributed by atoms with Crippen LogP contribution >= 0.6 is 11.3 Å². The average molecular weight is 431 g/mol. The molecule has 31 heavy (non-hydrogen) atoms. The van der Waals surface area contributed by atoms with Crippen LogP contribution in [0.15, 0.2) is 54.2 Å². The van der Waals surface area contributed by atoms with Gasteiger partial charge in [0.1, 0.15) is 11.3 Å². The largest absolute Gasteiger partial charge is 0.351 e. The second-order valence-electron chi connectivity index (χ2n) is 7.64. The summed E-state index contributed by atoms with van der Waals surface area (Å²) in [4.78, 5) is 13.4. The van der Waals surface area contributed by atoms with Crippen molar-refractivity contribution in [3.05, 3.63) is 76.0 Å². The maximum Gasteiger partial charge on any atom is 0.220 e. The molecule has 156 valence electrons. The van der Waals surface area contributed by atoms with Gasteiger partial charge >= 0.3 is 0 Å². The van der Waals surface area contributed by atoms with E-state index in [-0.39, 0.29) is 5.91 Å². The van der Waals surface area contributed by atoms with Gasteiger partial charge in [0.2, 0.25) is 5.91 Å². The maximum absolute atomic E-state index is 12.2. The van der Waals surface area contributed by atoms with Crippen molar-refractivity contribution in [1.82, 2.24) is 29.5 Å². The quantitative estimate of drug-likeness (QED) is 0.442. The molecule has 0 aliphatic carbocycles. The fourth-order valence-corrected chi connectivity index (χ4v) is 4.33. The zero-order valence-corrected chi connectivity index (χ0v) is 18.2. The number of hydrogen-bond acceptors (Lipinski definition) is 5. The summed E-state index contributed by atoms with van der Waals surface area (Å²) >= 11 is 1.64. The normalized spacial score (nSPS) is 11.4. The van der Waals surface area contributed by atoms with Crippen molar-refractivity contribution in [2.75, 3.05) is 0 Å². The SMILES string of the molecule is Cc1ccc(C)c(-c2cc3c4nnc(CCC(=O)NCc5cccs5)n4ccn3n2)c1. The number of nitrogens with one attached hydrogen (secondary N) is 1. The lowest BCUT2D eigenvalue weighted by molar-refractivity contribution is -0.121. The van der Waals surface area contributed by atoms with E-state index >= 15 is 0 Å². The predicted octanol–water partition coefficient (Wildman–Crippen LogP) is 3.97. The molecular formula is C23H22N6OS. The minimum Gasteiger partial charge on any atom is -0.351 e. The van der Waals surface area contributed by atoms with Gasteiger partial charge in [-0.15, -0.1) is 21.5 Å². The fraction of sp³-hybridized carbons (Fsp3) is 0.217. The lowest BCUT2D eigenvalue weighted by Gasteiger charge is -2.03. The molecule has 0 radical (unpaired) electrons. The first kappa shape index (κ1) is 19.4. The first-order valence-corrected chi connectivity index (χ1v) is 11.0. The lowest BCUT2D eigenvalue weighted by atomic mass is 10.0. The number of thiophene rings is 1. The number of benzene rings is 1. The Balaban J connectivity index is 1.37. The molecule has 4 aromatic heterocycles. The van der Waals surface area contributed by atoms with Gasteiger partial charge in [-0.1, -0.05) is 23.8 Å². The number of amides is 1. The molecule has 0 spiro atoms. The highest BCUT2D eigenvalue weighted by Gasteiger charge is 2.14. The van der Waals surface area contributed by atoms with Crippen LogP contribution in [0.4, 0.5) is 0 Å². The second-order valence-corrected chi connectivity index (χ2v) is 8.67. The Hall–Kier alpha value is -3.52. The fourth-order valence-electron chi connectivity index (χ4n) is 3.69. The first-order chi connectivity index (χ1) is 15.1. The summed E-state index contributed by atoms with van der Waals surface area (Å²) in [6.07, 6.45) is 4.69. The molecule has 0 aliphatic rings. The van der Waals surface area contributed by atoms with Crippen LogP contribution in [0, 0.1) is 13.8 Å². The molecule has 1 aromatic carbocycles. The Morgan fingerprint density at radius 2 is 2.03 bits per heavy atom. The van der Waals surface area contributed by atoms with Gasteiger partial charge in [0.15, 0.2) is 5.65 Å². The molecular weight excluding hydrogens is 408 g/mol. The molecule has 5 aromatic rings. The molecule has 1 amide bonds. The van der Waals surface area contributed by atoms with Crippen LogP contribution in [0.1, 0.15) is 28.2 Å². The van der Waals surface area contributed by atoms with E-state index in [1.807, 2.05) is 44.9 Å². The Morgan fingerprint density at radius 1 is 1.13 bits per heavy atom. The van der Waals surface area contributed by atoms with E-state index in [2.05, 4.69) is 47.6 Å².